The van der Waals surface area contributed by atoms with Crippen molar-refractivity contribution in [2.24, 2.45) is 0 Å². The highest BCUT2D eigenvalue weighted by Gasteiger charge is 2.24. The Bertz CT molecular complexity index is 1250. The van der Waals surface area contributed by atoms with Crippen molar-refractivity contribution < 1.29 is 9.72 Å². The van der Waals surface area contributed by atoms with E-state index in [0.29, 0.717) is 22.5 Å². The molecule has 0 atom stereocenters. The number of aromatic nitrogens is 3. The first-order chi connectivity index (χ1) is 14.5. The molecule has 0 amide bonds. The molecule has 2 heterocycles. The van der Waals surface area contributed by atoms with Gasteiger partial charge in [-0.2, -0.15) is 0 Å². The highest BCUT2D eigenvalue weighted by Crippen LogP contribution is 2.34. The molecular formula is C21H16N6O3. The van der Waals surface area contributed by atoms with E-state index in [-0.39, 0.29) is 23.1 Å². The first-order valence-corrected chi connectivity index (χ1v) is 9.01. The zero-order valence-electron chi connectivity index (χ0n) is 15.9. The molecule has 0 unspecified atom stereocenters. The Kier molecular flexibility index (Phi) is 5.00. The summed E-state index contributed by atoms with van der Waals surface area (Å²) in [5, 5.41) is 18.6. The van der Waals surface area contributed by atoms with Gasteiger partial charge in [-0.15, -0.1) is 0 Å². The number of Topliss-reactive ketones (excluding diaryl/α,β-unsaturated/α-hetero) is 1. The maximum absolute atomic E-state index is 11.8. The Hall–Kier alpha value is -4.40. The number of carbonyl (C=O) groups is 1. The summed E-state index contributed by atoms with van der Waals surface area (Å²) < 4.78 is 0. The summed E-state index contributed by atoms with van der Waals surface area (Å²) in [5.41, 5.74) is 2.05. The van der Waals surface area contributed by atoms with Crippen LogP contribution in [0.1, 0.15) is 17.3 Å². The molecule has 0 bridgehead atoms. The van der Waals surface area contributed by atoms with Crippen molar-refractivity contribution >= 4 is 45.4 Å². The number of carbonyl (C=O) groups excluding carboxylic acids is 1. The van der Waals surface area contributed by atoms with E-state index < -0.39 is 4.92 Å². The Labute approximate surface area is 171 Å². The molecule has 0 spiro atoms. The number of hydrogen-bond donors (Lipinski definition) is 2. The SMILES string of the molecule is CC(=O)c1ccc(Nc2ncnc(Nc3cccc4cccnc34)c2[N+](=O)[O-])cc1. The van der Waals surface area contributed by atoms with Crippen molar-refractivity contribution in [2.75, 3.05) is 10.6 Å². The predicted molar refractivity (Wildman–Crippen MR) is 113 cm³/mol. The van der Waals surface area contributed by atoms with Gasteiger partial charge in [-0.05, 0) is 43.3 Å². The summed E-state index contributed by atoms with van der Waals surface area (Å²) in [7, 11) is 0. The summed E-state index contributed by atoms with van der Waals surface area (Å²) in [6.07, 6.45) is 2.89. The second kappa shape index (κ2) is 7.92. The van der Waals surface area contributed by atoms with Crippen molar-refractivity contribution in [3.8, 4) is 0 Å². The number of pyridine rings is 1. The van der Waals surface area contributed by atoms with Gasteiger partial charge in [-0.25, -0.2) is 9.97 Å². The van der Waals surface area contributed by atoms with Gasteiger partial charge in [0.15, 0.2) is 5.78 Å². The molecule has 2 aromatic carbocycles. The van der Waals surface area contributed by atoms with Crippen LogP contribution >= 0.6 is 0 Å². The van der Waals surface area contributed by atoms with Gasteiger partial charge in [0, 0.05) is 22.8 Å². The molecule has 0 aliphatic rings. The normalized spacial score (nSPS) is 10.6. The first-order valence-electron chi connectivity index (χ1n) is 9.01. The van der Waals surface area contributed by atoms with Gasteiger partial charge >= 0.3 is 5.69 Å². The van der Waals surface area contributed by atoms with Crippen LogP contribution in [-0.2, 0) is 0 Å². The van der Waals surface area contributed by atoms with Crippen LogP contribution in [-0.4, -0.2) is 25.7 Å². The van der Waals surface area contributed by atoms with Gasteiger partial charge in [0.2, 0.25) is 11.6 Å². The van der Waals surface area contributed by atoms with Crippen molar-refractivity contribution in [2.45, 2.75) is 6.92 Å². The van der Waals surface area contributed by atoms with Crippen LogP contribution < -0.4 is 10.6 Å². The second-order valence-corrected chi connectivity index (χ2v) is 6.44. The lowest BCUT2D eigenvalue weighted by molar-refractivity contribution is -0.383. The number of nitrogens with zero attached hydrogens (tertiary/aromatic N) is 4. The monoisotopic (exact) mass is 400 g/mol. The Morgan fingerprint density at radius 1 is 0.933 bits per heavy atom. The van der Waals surface area contributed by atoms with Crippen LogP contribution in [0.4, 0.5) is 28.7 Å². The van der Waals surface area contributed by atoms with Gasteiger partial charge in [0.1, 0.15) is 6.33 Å². The van der Waals surface area contributed by atoms with Crippen LogP contribution in [0.25, 0.3) is 10.9 Å². The lowest BCUT2D eigenvalue weighted by atomic mass is 10.1. The smallest absolute Gasteiger partial charge is 0.334 e. The third-order valence-corrected chi connectivity index (χ3v) is 4.44. The number of fused-ring (bicyclic) bond motifs is 1. The van der Waals surface area contributed by atoms with E-state index in [9.17, 15) is 14.9 Å². The molecule has 4 rings (SSSR count). The molecule has 0 aliphatic heterocycles. The minimum absolute atomic E-state index is 0.0290. The summed E-state index contributed by atoms with van der Waals surface area (Å²) in [5.74, 6) is 0.00188. The molecule has 0 fully saturated rings. The fourth-order valence-corrected chi connectivity index (χ4v) is 2.99. The minimum atomic E-state index is -0.548. The van der Waals surface area contributed by atoms with E-state index in [0.717, 1.165) is 5.39 Å². The van der Waals surface area contributed by atoms with E-state index in [1.807, 2.05) is 24.3 Å². The Balaban J connectivity index is 1.71. The van der Waals surface area contributed by atoms with Crippen LogP contribution in [0, 0.1) is 10.1 Å². The molecule has 2 N–H and O–H groups in total. The van der Waals surface area contributed by atoms with Crippen LogP contribution in [0.5, 0.6) is 0 Å². The van der Waals surface area contributed by atoms with Gasteiger partial charge < -0.3 is 10.6 Å². The average Bonchev–Trinajstić information content (AvgIpc) is 2.74. The van der Waals surface area contributed by atoms with Gasteiger partial charge in [-0.1, -0.05) is 18.2 Å². The third-order valence-electron chi connectivity index (χ3n) is 4.44. The molecule has 0 radical (unpaired) electrons. The zero-order chi connectivity index (χ0) is 21.1. The lowest BCUT2D eigenvalue weighted by Gasteiger charge is -2.11. The fraction of sp³-hybridized carbons (Fsp3) is 0.0476. The number of hydrogen-bond acceptors (Lipinski definition) is 8. The van der Waals surface area contributed by atoms with E-state index in [4.69, 9.17) is 0 Å². The molecule has 0 saturated heterocycles. The molecule has 4 aromatic rings. The summed E-state index contributed by atoms with van der Waals surface area (Å²) in [6.45, 7) is 1.47. The third kappa shape index (κ3) is 3.76. The van der Waals surface area contributed by atoms with Crippen molar-refractivity contribution in [3.05, 3.63) is 82.8 Å². The summed E-state index contributed by atoms with van der Waals surface area (Å²) >= 11 is 0. The largest absolute Gasteiger partial charge is 0.353 e. The van der Waals surface area contributed by atoms with Crippen LogP contribution in [0.3, 0.4) is 0 Å². The molecule has 30 heavy (non-hydrogen) atoms. The molecular weight excluding hydrogens is 384 g/mol. The second-order valence-electron chi connectivity index (χ2n) is 6.44. The molecule has 2 aromatic heterocycles. The molecule has 0 saturated carbocycles. The Morgan fingerprint density at radius 2 is 1.63 bits per heavy atom. The molecule has 9 heteroatoms. The first kappa shape index (κ1) is 18.9. The van der Waals surface area contributed by atoms with Gasteiger partial charge in [0.05, 0.1) is 16.1 Å². The lowest BCUT2D eigenvalue weighted by Crippen LogP contribution is -2.06. The van der Waals surface area contributed by atoms with E-state index in [1.165, 1.54) is 13.3 Å². The predicted octanol–water partition coefficient (Wildman–Crippen LogP) is 4.62. The van der Waals surface area contributed by atoms with Crippen molar-refractivity contribution in [1.29, 1.82) is 0 Å². The topological polar surface area (TPSA) is 123 Å². The van der Waals surface area contributed by atoms with Crippen molar-refractivity contribution in [1.82, 2.24) is 15.0 Å². The Morgan fingerprint density at radius 3 is 2.33 bits per heavy atom. The molecule has 9 nitrogen and oxygen atoms in total. The van der Waals surface area contributed by atoms with Crippen molar-refractivity contribution in [3.63, 3.8) is 0 Å². The maximum Gasteiger partial charge on any atom is 0.353 e. The number of rotatable bonds is 6. The van der Waals surface area contributed by atoms with E-state index >= 15 is 0 Å². The molecule has 0 aliphatic carbocycles. The highest BCUT2D eigenvalue weighted by atomic mass is 16.6. The number of nitrogens with one attached hydrogen (secondary N) is 2. The standard InChI is InChI=1S/C21H16N6O3/c1-13(28)14-7-9-16(10-8-14)25-20-19(27(29)30)21(24-12-23-20)26-17-6-2-4-15-5-3-11-22-18(15)17/h2-12H,1H3,(H2,23,24,25,26). The fourth-order valence-electron chi connectivity index (χ4n) is 2.99. The van der Waals surface area contributed by atoms with Gasteiger partial charge in [0.25, 0.3) is 0 Å². The highest BCUT2D eigenvalue weighted by molar-refractivity contribution is 5.95. The van der Waals surface area contributed by atoms with E-state index in [2.05, 4.69) is 25.6 Å². The number of ketones is 1. The van der Waals surface area contributed by atoms with Crippen LogP contribution in [0.2, 0.25) is 0 Å². The number of anilines is 4. The number of nitro groups is 1. The van der Waals surface area contributed by atoms with Crippen LogP contribution in [0.15, 0.2) is 67.1 Å². The summed E-state index contributed by atoms with van der Waals surface area (Å²) in [4.78, 5) is 35.1. The average molecular weight is 400 g/mol. The quantitative estimate of drug-likeness (QED) is 0.273. The minimum Gasteiger partial charge on any atom is -0.334 e. The number of para-hydroxylation sites is 1. The number of benzene rings is 2. The molecule has 148 valence electrons. The maximum atomic E-state index is 11.8. The zero-order valence-corrected chi connectivity index (χ0v) is 15.9. The summed E-state index contributed by atoms with van der Waals surface area (Å²) in [6, 6.07) is 15.8. The van der Waals surface area contributed by atoms with Gasteiger partial charge in [-0.3, -0.25) is 19.9 Å². The van der Waals surface area contributed by atoms with E-state index in [1.54, 1.807) is 36.5 Å².